The first kappa shape index (κ1) is 13.5. The van der Waals surface area contributed by atoms with E-state index in [0.29, 0.717) is 0 Å². The Morgan fingerprint density at radius 2 is 1.89 bits per heavy atom. The summed E-state index contributed by atoms with van der Waals surface area (Å²) < 4.78 is 2.12. The molecule has 0 saturated heterocycles. The number of hydrogen-bond acceptors (Lipinski definition) is 4. The van der Waals surface area contributed by atoms with Crippen molar-refractivity contribution >= 4 is 5.82 Å². The van der Waals surface area contributed by atoms with Crippen LogP contribution in [0.1, 0.15) is 31.7 Å². The zero-order valence-corrected chi connectivity index (χ0v) is 12.1. The van der Waals surface area contributed by atoms with Crippen LogP contribution in [0.5, 0.6) is 0 Å². The Bertz CT molecular complexity index is 559. The Morgan fingerprint density at radius 1 is 1.16 bits per heavy atom. The Balaban J connectivity index is 2.53. The minimum atomic E-state index is 0.814. The Morgan fingerprint density at radius 3 is 2.58 bits per heavy atom. The number of nitrogens with one attached hydrogen (secondary N) is 1. The van der Waals surface area contributed by atoms with Crippen molar-refractivity contribution < 1.29 is 0 Å². The minimum Gasteiger partial charge on any atom is -0.368 e. The highest BCUT2D eigenvalue weighted by atomic mass is 15.1. The van der Waals surface area contributed by atoms with Gasteiger partial charge in [0.1, 0.15) is 5.69 Å². The van der Waals surface area contributed by atoms with E-state index in [9.17, 15) is 0 Å². The number of anilines is 1. The summed E-state index contributed by atoms with van der Waals surface area (Å²) >= 11 is 0. The summed E-state index contributed by atoms with van der Waals surface area (Å²) in [6.45, 7) is 9.93. The molecule has 2 rings (SSSR count). The van der Waals surface area contributed by atoms with Gasteiger partial charge in [0.2, 0.25) is 0 Å². The van der Waals surface area contributed by atoms with Gasteiger partial charge in [-0.05, 0) is 27.2 Å². The topological polar surface area (TPSA) is 55.6 Å². The van der Waals surface area contributed by atoms with Gasteiger partial charge in [0.05, 0.1) is 11.4 Å². The van der Waals surface area contributed by atoms with Crippen molar-refractivity contribution in [2.75, 3.05) is 11.9 Å². The molecule has 19 heavy (non-hydrogen) atoms. The van der Waals surface area contributed by atoms with Crippen molar-refractivity contribution in [3.63, 3.8) is 0 Å². The molecule has 102 valence electrons. The van der Waals surface area contributed by atoms with Gasteiger partial charge in [-0.3, -0.25) is 0 Å². The Labute approximate surface area is 114 Å². The molecule has 1 N–H and O–H groups in total. The molecule has 0 aliphatic carbocycles. The molecule has 2 aromatic heterocycles. The van der Waals surface area contributed by atoms with E-state index in [-0.39, 0.29) is 0 Å². The predicted molar refractivity (Wildman–Crippen MR) is 77.2 cm³/mol. The second-order valence-electron chi connectivity index (χ2n) is 4.57. The van der Waals surface area contributed by atoms with Gasteiger partial charge in [0, 0.05) is 25.5 Å². The molecule has 0 spiro atoms. The lowest BCUT2D eigenvalue weighted by molar-refractivity contribution is 0.683. The van der Waals surface area contributed by atoms with Crippen molar-refractivity contribution in [2.24, 2.45) is 0 Å². The second kappa shape index (κ2) is 5.82. The van der Waals surface area contributed by atoms with E-state index in [0.717, 1.165) is 48.2 Å². The molecule has 0 fully saturated rings. The zero-order valence-electron chi connectivity index (χ0n) is 12.1. The summed E-state index contributed by atoms with van der Waals surface area (Å²) in [6.07, 6.45) is 4.88. The summed E-state index contributed by atoms with van der Waals surface area (Å²) in [4.78, 5) is 13.7. The molecule has 0 aliphatic rings. The van der Waals surface area contributed by atoms with Crippen molar-refractivity contribution in [1.29, 1.82) is 0 Å². The van der Waals surface area contributed by atoms with E-state index < -0.39 is 0 Å². The van der Waals surface area contributed by atoms with Crippen LogP contribution in [0.4, 0.5) is 5.82 Å². The largest absolute Gasteiger partial charge is 0.368 e. The van der Waals surface area contributed by atoms with Gasteiger partial charge in [-0.2, -0.15) is 0 Å². The van der Waals surface area contributed by atoms with Crippen LogP contribution in [-0.2, 0) is 6.54 Å². The molecule has 0 amide bonds. The van der Waals surface area contributed by atoms with E-state index in [1.54, 1.807) is 0 Å². The molecule has 0 atom stereocenters. The fourth-order valence-corrected chi connectivity index (χ4v) is 2.00. The highest BCUT2D eigenvalue weighted by molar-refractivity contribution is 5.66. The summed E-state index contributed by atoms with van der Waals surface area (Å²) in [6, 6.07) is 0. The monoisotopic (exact) mass is 259 g/mol. The van der Waals surface area contributed by atoms with E-state index in [2.05, 4.69) is 38.7 Å². The van der Waals surface area contributed by atoms with E-state index in [1.165, 1.54) is 0 Å². The molecule has 0 radical (unpaired) electrons. The van der Waals surface area contributed by atoms with Crippen molar-refractivity contribution in [3.8, 4) is 11.5 Å². The number of hydrogen-bond donors (Lipinski definition) is 1. The molecule has 0 aliphatic heterocycles. The van der Waals surface area contributed by atoms with Crippen LogP contribution in [0, 0.1) is 13.8 Å². The lowest BCUT2D eigenvalue weighted by Crippen LogP contribution is -2.09. The maximum Gasteiger partial charge on any atom is 0.162 e. The second-order valence-corrected chi connectivity index (χ2v) is 4.57. The molecule has 2 heterocycles. The van der Waals surface area contributed by atoms with Gasteiger partial charge in [-0.1, -0.05) is 6.92 Å². The fraction of sp³-hybridized carbons (Fsp3) is 0.500. The first-order chi connectivity index (χ1) is 9.17. The van der Waals surface area contributed by atoms with Crippen LogP contribution >= 0.6 is 0 Å². The Kier molecular flexibility index (Phi) is 4.14. The van der Waals surface area contributed by atoms with E-state index in [1.807, 2.05) is 26.2 Å². The highest BCUT2D eigenvalue weighted by Crippen LogP contribution is 2.24. The van der Waals surface area contributed by atoms with Gasteiger partial charge < -0.3 is 9.88 Å². The number of rotatable bonds is 5. The average Bonchev–Trinajstić information content (AvgIpc) is 2.82. The summed E-state index contributed by atoms with van der Waals surface area (Å²) in [5, 5.41) is 3.27. The molecule has 0 unspecified atom stereocenters. The molecule has 2 aromatic rings. The number of nitrogens with zero attached hydrogens (tertiary/aromatic N) is 4. The van der Waals surface area contributed by atoms with Gasteiger partial charge in [-0.15, -0.1) is 0 Å². The molecule has 5 heteroatoms. The van der Waals surface area contributed by atoms with Crippen LogP contribution in [0.2, 0.25) is 0 Å². The van der Waals surface area contributed by atoms with Crippen LogP contribution in [0.25, 0.3) is 11.5 Å². The van der Waals surface area contributed by atoms with Crippen LogP contribution in [0.15, 0.2) is 12.4 Å². The first-order valence-corrected chi connectivity index (χ1v) is 6.78. The summed E-state index contributed by atoms with van der Waals surface area (Å²) in [7, 11) is 0. The van der Waals surface area contributed by atoms with Crippen molar-refractivity contribution in [1.82, 2.24) is 19.5 Å². The SMILES string of the molecule is CCCn1ccnc1-c1nc(C)c(C)nc1NCC. The molecular formula is C14H21N5. The predicted octanol–water partition coefficient (Wildman–Crippen LogP) is 2.80. The van der Waals surface area contributed by atoms with Crippen LogP contribution in [0.3, 0.4) is 0 Å². The number of aromatic nitrogens is 4. The molecule has 0 aromatic carbocycles. The van der Waals surface area contributed by atoms with Gasteiger partial charge >= 0.3 is 0 Å². The quantitative estimate of drug-likeness (QED) is 0.897. The zero-order chi connectivity index (χ0) is 13.8. The number of aryl methyl sites for hydroxylation is 3. The van der Waals surface area contributed by atoms with Crippen LogP contribution < -0.4 is 5.32 Å². The minimum absolute atomic E-state index is 0.814. The fourth-order valence-electron chi connectivity index (χ4n) is 2.00. The summed E-state index contributed by atoms with van der Waals surface area (Å²) in [5.41, 5.74) is 2.74. The molecule has 5 nitrogen and oxygen atoms in total. The van der Waals surface area contributed by atoms with E-state index in [4.69, 9.17) is 0 Å². The molecule has 0 saturated carbocycles. The van der Waals surface area contributed by atoms with Crippen LogP contribution in [-0.4, -0.2) is 26.1 Å². The van der Waals surface area contributed by atoms with E-state index >= 15 is 0 Å². The molecule has 0 bridgehead atoms. The molecular weight excluding hydrogens is 238 g/mol. The maximum absolute atomic E-state index is 4.67. The van der Waals surface area contributed by atoms with Crippen molar-refractivity contribution in [3.05, 3.63) is 23.8 Å². The average molecular weight is 259 g/mol. The Hall–Kier alpha value is -1.91. The third-order valence-electron chi connectivity index (χ3n) is 3.04. The van der Waals surface area contributed by atoms with Gasteiger partial charge in [0.15, 0.2) is 11.6 Å². The third kappa shape index (κ3) is 2.75. The first-order valence-electron chi connectivity index (χ1n) is 6.78. The third-order valence-corrected chi connectivity index (χ3v) is 3.04. The lowest BCUT2D eigenvalue weighted by atomic mass is 10.3. The standard InChI is InChI=1S/C14H21N5/c1-5-8-19-9-7-16-14(19)12-13(15-6-2)18-11(4)10(3)17-12/h7,9H,5-6,8H2,1-4H3,(H,15,18). The van der Waals surface area contributed by atoms with Gasteiger partial charge in [-0.25, -0.2) is 15.0 Å². The number of imidazole rings is 1. The summed E-state index contributed by atoms with van der Waals surface area (Å²) in [5.74, 6) is 1.70. The lowest BCUT2D eigenvalue weighted by Gasteiger charge is -2.12. The maximum atomic E-state index is 4.67. The highest BCUT2D eigenvalue weighted by Gasteiger charge is 2.15. The van der Waals surface area contributed by atoms with Crippen molar-refractivity contribution in [2.45, 2.75) is 40.7 Å². The smallest absolute Gasteiger partial charge is 0.162 e. The van der Waals surface area contributed by atoms with Gasteiger partial charge in [0.25, 0.3) is 0 Å². The normalized spacial score (nSPS) is 10.7.